The van der Waals surface area contributed by atoms with Gasteiger partial charge in [0.2, 0.25) is 0 Å². The highest BCUT2D eigenvalue weighted by molar-refractivity contribution is 5.29. The van der Waals surface area contributed by atoms with Crippen molar-refractivity contribution in [2.75, 3.05) is 0 Å². The van der Waals surface area contributed by atoms with E-state index in [2.05, 4.69) is 0 Å². The summed E-state index contributed by atoms with van der Waals surface area (Å²) in [6.45, 7) is 5.68. The van der Waals surface area contributed by atoms with Gasteiger partial charge in [-0.05, 0) is 19.3 Å². The van der Waals surface area contributed by atoms with Crippen molar-refractivity contribution >= 4 is 18.6 Å². The average Bonchev–Trinajstić information content (AvgIpc) is 2.47. The molecule has 0 fully saturated rings. The number of aromatic nitrogens is 3. The fourth-order valence-electron chi connectivity index (χ4n) is 1.61. The van der Waals surface area contributed by atoms with E-state index in [1.165, 1.54) is 18.6 Å². The predicted molar refractivity (Wildman–Crippen MR) is 86.1 cm³/mol. The molecule has 6 nitrogen and oxygen atoms in total. The third-order valence-electron chi connectivity index (χ3n) is 2.71. The minimum atomic E-state index is -0.666. The first-order valence-corrected chi connectivity index (χ1v) is 7.07. The molecule has 0 saturated carbocycles. The average molecular weight is 291 g/mol. The van der Waals surface area contributed by atoms with E-state index in [0.717, 1.165) is 13.7 Å². The van der Waals surface area contributed by atoms with Gasteiger partial charge in [0.05, 0.1) is 0 Å². The molecule has 0 bridgehead atoms. The van der Waals surface area contributed by atoms with Crippen LogP contribution in [0.5, 0.6) is 0 Å². The lowest BCUT2D eigenvalue weighted by atomic mass is 10.4. The van der Waals surface area contributed by atoms with Crippen LogP contribution in [0.15, 0.2) is 32.6 Å². The second-order valence-electron chi connectivity index (χ2n) is 4.34. The molecule has 0 unspecified atom stereocenters. The summed E-state index contributed by atoms with van der Waals surface area (Å²) in [6.07, 6.45) is 11.3. The lowest BCUT2D eigenvalue weighted by Gasteiger charge is -2.06. The highest BCUT2D eigenvalue weighted by Gasteiger charge is 2.10. The smallest absolute Gasteiger partial charge is 0.247 e. The molecule has 0 N–H and O–H groups in total. The van der Waals surface area contributed by atoms with Crippen LogP contribution in [-0.4, -0.2) is 13.7 Å². The highest BCUT2D eigenvalue weighted by atomic mass is 16.2. The Balaban J connectivity index is 3.74. The van der Waals surface area contributed by atoms with Gasteiger partial charge in [0.25, 0.3) is 0 Å². The van der Waals surface area contributed by atoms with Crippen molar-refractivity contribution in [3.05, 3.63) is 49.7 Å². The molecule has 0 aliphatic carbocycles. The van der Waals surface area contributed by atoms with Gasteiger partial charge < -0.3 is 0 Å². The Morgan fingerprint density at radius 1 is 0.619 bits per heavy atom. The maximum absolute atomic E-state index is 12.2. The zero-order chi connectivity index (χ0) is 15.8. The second-order valence-corrected chi connectivity index (χ2v) is 4.34. The molecule has 0 atom stereocenters. The second kappa shape index (κ2) is 8.04. The van der Waals surface area contributed by atoms with E-state index < -0.39 is 17.1 Å². The zero-order valence-electron chi connectivity index (χ0n) is 12.7. The van der Waals surface area contributed by atoms with E-state index in [0.29, 0.717) is 19.3 Å². The van der Waals surface area contributed by atoms with Crippen molar-refractivity contribution in [3.63, 3.8) is 0 Å². The molecule has 0 aromatic carbocycles. The Labute approximate surface area is 123 Å². The van der Waals surface area contributed by atoms with Gasteiger partial charge in [0.1, 0.15) is 0 Å². The lowest BCUT2D eigenvalue weighted by Crippen LogP contribution is -2.50. The fraction of sp³-hybridized carbons (Fsp3) is 0.400. The molecular weight excluding hydrogens is 270 g/mol. The van der Waals surface area contributed by atoms with E-state index >= 15 is 0 Å². The van der Waals surface area contributed by atoms with Gasteiger partial charge in [-0.1, -0.05) is 39.0 Å². The van der Waals surface area contributed by atoms with E-state index in [1.54, 1.807) is 18.2 Å². The predicted octanol–water partition coefficient (Wildman–Crippen LogP) is 1.81. The van der Waals surface area contributed by atoms with Crippen molar-refractivity contribution in [3.8, 4) is 0 Å². The minimum Gasteiger partial charge on any atom is -0.247 e. The molecule has 0 saturated heterocycles. The molecule has 0 aliphatic rings. The minimum absolute atomic E-state index is 0.666. The van der Waals surface area contributed by atoms with E-state index in [1.807, 2.05) is 20.8 Å². The molecule has 1 heterocycles. The molecule has 1 rings (SSSR count). The van der Waals surface area contributed by atoms with Crippen molar-refractivity contribution in [2.45, 2.75) is 40.0 Å². The van der Waals surface area contributed by atoms with Crippen LogP contribution in [0.3, 0.4) is 0 Å². The molecule has 0 radical (unpaired) electrons. The summed E-state index contributed by atoms with van der Waals surface area (Å²) in [5, 5.41) is 0. The van der Waals surface area contributed by atoms with Crippen LogP contribution < -0.4 is 17.1 Å². The number of allylic oxidation sites excluding steroid dienone is 3. The Morgan fingerprint density at radius 2 is 0.857 bits per heavy atom. The summed E-state index contributed by atoms with van der Waals surface area (Å²) in [7, 11) is 0. The number of nitrogens with zero attached hydrogens (tertiary/aromatic N) is 3. The van der Waals surface area contributed by atoms with Crippen LogP contribution in [0.2, 0.25) is 0 Å². The molecule has 0 amide bonds. The van der Waals surface area contributed by atoms with Gasteiger partial charge >= 0.3 is 17.1 Å². The summed E-state index contributed by atoms with van der Waals surface area (Å²) in [4.78, 5) is 36.7. The monoisotopic (exact) mass is 291 g/mol. The maximum atomic E-state index is 12.2. The third kappa shape index (κ3) is 3.81. The van der Waals surface area contributed by atoms with Gasteiger partial charge in [-0.3, -0.25) is 0 Å². The number of rotatable bonds is 6. The molecule has 1 aromatic heterocycles. The molecule has 114 valence electrons. The van der Waals surface area contributed by atoms with E-state index in [9.17, 15) is 14.4 Å². The summed E-state index contributed by atoms with van der Waals surface area (Å²) < 4.78 is 2.81. The fourth-order valence-corrected chi connectivity index (χ4v) is 1.61. The first kappa shape index (κ1) is 16.7. The van der Waals surface area contributed by atoms with E-state index in [4.69, 9.17) is 0 Å². The summed E-state index contributed by atoms with van der Waals surface area (Å²) in [6, 6.07) is 0. The Morgan fingerprint density at radius 3 is 1.05 bits per heavy atom. The lowest BCUT2D eigenvalue weighted by molar-refractivity contribution is 0.706. The largest absolute Gasteiger partial charge is 0.344 e. The van der Waals surface area contributed by atoms with Gasteiger partial charge in [-0.25, -0.2) is 28.1 Å². The first-order valence-electron chi connectivity index (χ1n) is 7.07. The first-order chi connectivity index (χ1) is 10.1. The molecule has 1 aromatic rings. The van der Waals surface area contributed by atoms with Gasteiger partial charge in [0, 0.05) is 18.6 Å². The SMILES string of the molecule is CC/C=C/n1c(=O)n(/C=C/CC)c(=O)n(/C=C/CC)c1=O. The summed E-state index contributed by atoms with van der Waals surface area (Å²) in [5.74, 6) is 0. The van der Waals surface area contributed by atoms with Crippen LogP contribution in [-0.2, 0) is 0 Å². The van der Waals surface area contributed by atoms with Crippen LogP contribution >= 0.6 is 0 Å². The normalized spacial score (nSPS) is 12.1. The molecule has 0 aliphatic heterocycles. The van der Waals surface area contributed by atoms with Crippen molar-refractivity contribution in [1.29, 1.82) is 0 Å². The standard InChI is InChI=1S/C15H21N3O3/c1-4-7-10-16-13(19)17(11-8-5-2)15(21)18(14(16)20)12-9-6-3/h7-12H,4-6H2,1-3H3/b10-7+,11-8+,12-9+. The van der Waals surface area contributed by atoms with Crippen LogP contribution in [0, 0.1) is 0 Å². The summed E-state index contributed by atoms with van der Waals surface area (Å²) in [5.41, 5.74) is -2.00. The number of hydrogen-bond donors (Lipinski definition) is 0. The molecule has 0 spiro atoms. The van der Waals surface area contributed by atoms with Gasteiger partial charge in [-0.15, -0.1) is 0 Å². The van der Waals surface area contributed by atoms with E-state index in [-0.39, 0.29) is 0 Å². The van der Waals surface area contributed by atoms with Crippen LogP contribution in [0.1, 0.15) is 40.0 Å². The highest BCUT2D eigenvalue weighted by Crippen LogP contribution is 1.86. The summed E-state index contributed by atoms with van der Waals surface area (Å²) >= 11 is 0. The Hall–Kier alpha value is -2.37. The van der Waals surface area contributed by atoms with Gasteiger partial charge in [0.15, 0.2) is 0 Å². The quantitative estimate of drug-likeness (QED) is 0.803. The third-order valence-corrected chi connectivity index (χ3v) is 2.71. The maximum Gasteiger partial charge on any atom is 0.344 e. The van der Waals surface area contributed by atoms with Crippen LogP contribution in [0.25, 0.3) is 18.6 Å². The Kier molecular flexibility index (Phi) is 6.39. The van der Waals surface area contributed by atoms with Crippen molar-refractivity contribution in [2.24, 2.45) is 0 Å². The Bertz CT molecular complexity index is 600. The molecular formula is C15H21N3O3. The van der Waals surface area contributed by atoms with Crippen molar-refractivity contribution in [1.82, 2.24) is 13.7 Å². The zero-order valence-corrected chi connectivity index (χ0v) is 12.7. The van der Waals surface area contributed by atoms with Crippen molar-refractivity contribution < 1.29 is 0 Å². The topological polar surface area (TPSA) is 66.0 Å². The number of hydrogen-bond acceptors (Lipinski definition) is 3. The van der Waals surface area contributed by atoms with Gasteiger partial charge in [-0.2, -0.15) is 0 Å². The molecule has 6 heteroatoms. The molecule has 21 heavy (non-hydrogen) atoms. The van der Waals surface area contributed by atoms with Crippen LogP contribution in [0.4, 0.5) is 0 Å².